The minimum Gasteiger partial charge on any atom is -0.495 e. The number of sulfonamides is 1. The Balaban J connectivity index is 2.15. The number of benzene rings is 2. The van der Waals surface area contributed by atoms with E-state index in [0.717, 1.165) is 5.56 Å². The standard InChI is InChI=1S/C17H20N2O4S/c1-4-24(21,22)19-14-8-6-13(7-9-14)17(20)18-15-11-12(2)5-10-16(15)23-3/h5-11,19H,4H2,1-3H3,(H,18,20). The number of hydrogen-bond acceptors (Lipinski definition) is 4. The summed E-state index contributed by atoms with van der Waals surface area (Å²) in [7, 11) is -1.80. The molecule has 7 heteroatoms. The van der Waals surface area contributed by atoms with Crippen molar-refractivity contribution in [1.29, 1.82) is 0 Å². The van der Waals surface area contributed by atoms with Gasteiger partial charge < -0.3 is 10.1 Å². The predicted octanol–water partition coefficient (Wildman–Crippen LogP) is 3.02. The van der Waals surface area contributed by atoms with Crippen molar-refractivity contribution in [1.82, 2.24) is 0 Å². The second kappa shape index (κ2) is 7.35. The Morgan fingerprint density at radius 3 is 2.38 bits per heavy atom. The van der Waals surface area contributed by atoms with Crippen LogP contribution >= 0.6 is 0 Å². The number of methoxy groups -OCH3 is 1. The van der Waals surface area contributed by atoms with Gasteiger partial charge in [-0.25, -0.2) is 8.42 Å². The van der Waals surface area contributed by atoms with Gasteiger partial charge in [0.05, 0.1) is 18.6 Å². The molecule has 2 aromatic carbocycles. The molecule has 24 heavy (non-hydrogen) atoms. The van der Waals surface area contributed by atoms with Gasteiger partial charge in [0.25, 0.3) is 5.91 Å². The molecule has 0 aliphatic heterocycles. The fraction of sp³-hybridized carbons (Fsp3) is 0.235. The molecule has 0 saturated carbocycles. The first kappa shape index (κ1) is 17.8. The van der Waals surface area contributed by atoms with E-state index in [-0.39, 0.29) is 11.7 Å². The van der Waals surface area contributed by atoms with Gasteiger partial charge in [-0.1, -0.05) is 6.07 Å². The summed E-state index contributed by atoms with van der Waals surface area (Å²) in [5.41, 5.74) is 2.41. The van der Waals surface area contributed by atoms with E-state index in [2.05, 4.69) is 10.0 Å². The molecule has 0 aliphatic rings. The molecular weight excluding hydrogens is 328 g/mol. The molecular formula is C17H20N2O4S. The maximum Gasteiger partial charge on any atom is 0.255 e. The van der Waals surface area contributed by atoms with Crippen LogP contribution in [0.1, 0.15) is 22.8 Å². The molecule has 0 aromatic heterocycles. The number of ether oxygens (including phenoxy) is 1. The van der Waals surface area contributed by atoms with E-state index in [0.29, 0.717) is 22.7 Å². The number of hydrogen-bond donors (Lipinski definition) is 2. The molecule has 0 heterocycles. The Hall–Kier alpha value is -2.54. The third-order valence-electron chi connectivity index (χ3n) is 3.40. The maximum absolute atomic E-state index is 12.3. The summed E-state index contributed by atoms with van der Waals surface area (Å²) >= 11 is 0. The SMILES string of the molecule is CCS(=O)(=O)Nc1ccc(C(=O)Nc2cc(C)ccc2OC)cc1. The maximum atomic E-state index is 12.3. The number of rotatable bonds is 6. The monoisotopic (exact) mass is 348 g/mol. The number of nitrogens with one attached hydrogen (secondary N) is 2. The van der Waals surface area contributed by atoms with E-state index in [4.69, 9.17) is 4.74 Å². The summed E-state index contributed by atoms with van der Waals surface area (Å²) in [4.78, 5) is 12.3. The molecule has 0 atom stereocenters. The third kappa shape index (κ3) is 4.48. The molecule has 0 saturated heterocycles. The van der Waals surface area contributed by atoms with Gasteiger partial charge in [0, 0.05) is 11.3 Å². The number of aryl methyl sites for hydroxylation is 1. The van der Waals surface area contributed by atoms with Crippen molar-refractivity contribution in [3.63, 3.8) is 0 Å². The van der Waals surface area contributed by atoms with Crippen molar-refractivity contribution in [3.05, 3.63) is 53.6 Å². The zero-order valence-corrected chi connectivity index (χ0v) is 14.6. The average Bonchev–Trinajstić information content (AvgIpc) is 2.55. The molecule has 1 amide bonds. The zero-order valence-electron chi connectivity index (χ0n) is 13.8. The van der Waals surface area contributed by atoms with Crippen LogP contribution in [0.2, 0.25) is 0 Å². The lowest BCUT2D eigenvalue weighted by molar-refractivity contribution is 0.102. The van der Waals surface area contributed by atoms with Gasteiger partial charge in [0.2, 0.25) is 10.0 Å². The first-order valence-corrected chi connectivity index (χ1v) is 9.06. The van der Waals surface area contributed by atoms with E-state index in [1.807, 2.05) is 19.1 Å². The van der Waals surface area contributed by atoms with Gasteiger partial charge in [-0.3, -0.25) is 9.52 Å². The number of carbonyl (C=O) groups excluding carboxylic acids is 1. The Bertz CT molecular complexity index is 830. The lowest BCUT2D eigenvalue weighted by Gasteiger charge is -2.11. The Labute approximate surface area is 141 Å². The van der Waals surface area contributed by atoms with Crippen LogP contribution in [0.15, 0.2) is 42.5 Å². The summed E-state index contributed by atoms with van der Waals surface area (Å²) in [5, 5.41) is 2.79. The van der Waals surface area contributed by atoms with Gasteiger partial charge in [0.15, 0.2) is 0 Å². The first-order valence-electron chi connectivity index (χ1n) is 7.41. The molecule has 128 valence electrons. The number of carbonyl (C=O) groups is 1. The van der Waals surface area contributed by atoms with Crippen LogP contribution in [0.4, 0.5) is 11.4 Å². The van der Waals surface area contributed by atoms with E-state index < -0.39 is 10.0 Å². The molecule has 0 unspecified atom stereocenters. The lowest BCUT2D eigenvalue weighted by Crippen LogP contribution is -2.15. The molecule has 0 radical (unpaired) electrons. The van der Waals surface area contributed by atoms with Crippen molar-refractivity contribution in [2.45, 2.75) is 13.8 Å². The predicted molar refractivity (Wildman–Crippen MR) is 95.2 cm³/mol. The van der Waals surface area contributed by atoms with Crippen molar-refractivity contribution >= 4 is 27.3 Å². The van der Waals surface area contributed by atoms with Crippen LogP contribution in [0.5, 0.6) is 5.75 Å². The summed E-state index contributed by atoms with van der Waals surface area (Å²) < 4.78 is 30.7. The second-order valence-electron chi connectivity index (χ2n) is 5.24. The van der Waals surface area contributed by atoms with Crippen molar-refractivity contribution in [2.75, 3.05) is 22.9 Å². The van der Waals surface area contributed by atoms with Crippen LogP contribution in [0.3, 0.4) is 0 Å². The molecule has 2 aromatic rings. The summed E-state index contributed by atoms with van der Waals surface area (Å²) in [6, 6.07) is 11.7. The van der Waals surface area contributed by atoms with Crippen LogP contribution in [0.25, 0.3) is 0 Å². The number of amides is 1. The third-order valence-corrected chi connectivity index (χ3v) is 4.71. The average molecular weight is 348 g/mol. The van der Waals surface area contributed by atoms with Crippen LogP contribution in [-0.2, 0) is 10.0 Å². The Kier molecular flexibility index (Phi) is 5.46. The van der Waals surface area contributed by atoms with Gasteiger partial charge in [0.1, 0.15) is 5.75 Å². The largest absolute Gasteiger partial charge is 0.495 e. The molecule has 0 bridgehead atoms. The highest BCUT2D eigenvalue weighted by Gasteiger charge is 2.11. The van der Waals surface area contributed by atoms with E-state index >= 15 is 0 Å². The summed E-state index contributed by atoms with van der Waals surface area (Å²) in [5.74, 6) is 0.257. The highest BCUT2D eigenvalue weighted by molar-refractivity contribution is 7.92. The highest BCUT2D eigenvalue weighted by Crippen LogP contribution is 2.26. The highest BCUT2D eigenvalue weighted by atomic mass is 32.2. The van der Waals surface area contributed by atoms with Crippen LogP contribution < -0.4 is 14.8 Å². The Morgan fingerprint density at radius 2 is 1.79 bits per heavy atom. The van der Waals surface area contributed by atoms with Crippen molar-refractivity contribution in [3.8, 4) is 5.75 Å². The summed E-state index contributed by atoms with van der Waals surface area (Å²) in [6.45, 7) is 3.48. The number of anilines is 2. The van der Waals surface area contributed by atoms with Gasteiger partial charge in [-0.05, 0) is 55.8 Å². The Morgan fingerprint density at radius 1 is 1.12 bits per heavy atom. The quantitative estimate of drug-likeness (QED) is 0.840. The minimum absolute atomic E-state index is 0.0115. The van der Waals surface area contributed by atoms with Crippen LogP contribution in [-0.4, -0.2) is 27.2 Å². The van der Waals surface area contributed by atoms with Crippen LogP contribution in [0, 0.1) is 6.92 Å². The van der Waals surface area contributed by atoms with E-state index in [1.165, 1.54) is 7.11 Å². The van der Waals surface area contributed by atoms with Gasteiger partial charge in [-0.15, -0.1) is 0 Å². The second-order valence-corrected chi connectivity index (χ2v) is 7.25. The molecule has 6 nitrogen and oxygen atoms in total. The fourth-order valence-corrected chi connectivity index (χ4v) is 2.69. The van der Waals surface area contributed by atoms with Gasteiger partial charge in [-0.2, -0.15) is 0 Å². The van der Waals surface area contributed by atoms with E-state index in [1.54, 1.807) is 37.3 Å². The molecule has 0 fully saturated rings. The molecule has 0 spiro atoms. The minimum atomic E-state index is -3.34. The lowest BCUT2D eigenvalue weighted by atomic mass is 10.1. The zero-order chi connectivity index (χ0) is 17.7. The first-order chi connectivity index (χ1) is 11.3. The smallest absolute Gasteiger partial charge is 0.255 e. The van der Waals surface area contributed by atoms with Crippen molar-refractivity contribution in [2.24, 2.45) is 0 Å². The molecule has 0 aliphatic carbocycles. The molecule has 2 N–H and O–H groups in total. The summed E-state index contributed by atoms with van der Waals surface area (Å²) in [6.07, 6.45) is 0. The fourth-order valence-electron chi connectivity index (χ4n) is 2.06. The topological polar surface area (TPSA) is 84.5 Å². The normalized spacial score (nSPS) is 11.0. The van der Waals surface area contributed by atoms with Gasteiger partial charge >= 0.3 is 0 Å². The van der Waals surface area contributed by atoms with E-state index in [9.17, 15) is 13.2 Å². The van der Waals surface area contributed by atoms with Crippen molar-refractivity contribution < 1.29 is 17.9 Å². The molecule has 2 rings (SSSR count).